The first-order valence-electron chi connectivity index (χ1n) is 9.07. The molecule has 23 heavy (non-hydrogen) atoms. The quantitative estimate of drug-likeness (QED) is 0.561. The number of rotatable bonds is 12. The van der Waals surface area contributed by atoms with Crippen molar-refractivity contribution in [3.63, 3.8) is 0 Å². The molecule has 130 valence electrons. The number of carbonyl (C=O) groups is 1. The minimum Gasteiger partial charge on any atom is -0.494 e. The van der Waals surface area contributed by atoms with Crippen LogP contribution in [-0.4, -0.2) is 36.9 Å². The third kappa shape index (κ3) is 7.65. The zero-order chi connectivity index (χ0) is 17.1. The van der Waals surface area contributed by atoms with Gasteiger partial charge in [0.05, 0.1) is 6.61 Å². The Balaban J connectivity index is 2.40. The average Bonchev–Trinajstić information content (AvgIpc) is 2.59. The van der Waals surface area contributed by atoms with Crippen LogP contribution in [0, 0.1) is 0 Å². The van der Waals surface area contributed by atoms with E-state index in [1.165, 1.54) is 5.56 Å². The molecule has 1 unspecified atom stereocenters. The van der Waals surface area contributed by atoms with Crippen molar-refractivity contribution in [1.29, 1.82) is 0 Å². The van der Waals surface area contributed by atoms with E-state index in [2.05, 4.69) is 44.7 Å². The average molecular weight is 319 g/mol. The summed E-state index contributed by atoms with van der Waals surface area (Å²) in [4.78, 5) is 14.4. The molecule has 0 N–H and O–H groups in total. The van der Waals surface area contributed by atoms with Crippen LogP contribution < -0.4 is 4.74 Å². The van der Waals surface area contributed by atoms with E-state index in [1.54, 1.807) is 0 Å². The van der Waals surface area contributed by atoms with E-state index in [9.17, 15) is 4.79 Å². The molecule has 0 spiro atoms. The maximum absolute atomic E-state index is 12.1. The highest BCUT2D eigenvalue weighted by atomic mass is 16.5. The van der Waals surface area contributed by atoms with Crippen LogP contribution in [-0.2, 0) is 4.79 Å². The Morgan fingerprint density at radius 3 is 2.57 bits per heavy atom. The predicted octanol–water partition coefficient (Wildman–Crippen LogP) is 4.66. The molecule has 3 heteroatoms. The molecule has 0 heterocycles. The van der Waals surface area contributed by atoms with Gasteiger partial charge in [-0.15, -0.1) is 0 Å². The highest BCUT2D eigenvalue weighted by molar-refractivity contribution is 5.78. The van der Waals surface area contributed by atoms with Gasteiger partial charge >= 0.3 is 0 Å². The molecule has 1 atom stereocenters. The second kappa shape index (κ2) is 11.2. The van der Waals surface area contributed by atoms with Crippen LogP contribution in [0.4, 0.5) is 0 Å². The molecular weight excluding hydrogens is 286 g/mol. The van der Waals surface area contributed by atoms with Crippen molar-refractivity contribution in [1.82, 2.24) is 4.90 Å². The normalized spacial score (nSPS) is 12.4. The Morgan fingerprint density at radius 2 is 1.91 bits per heavy atom. The molecule has 0 saturated carbocycles. The summed E-state index contributed by atoms with van der Waals surface area (Å²) in [6.07, 6.45) is 3.27. The van der Waals surface area contributed by atoms with Gasteiger partial charge in [0.25, 0.3) is 0 Å². The highest BCUT2D eigenvalue weighted by Gasteiger charge is 2.11. The minimum absolute atomic E-state index is 0.377. The second-order valence-corrected chi connectivity index (χ2v) is 6.18. The van der Waals surface area contributed by atoms with Crippen molar-refractivity contribution in [2.75, 3.05) is 26.2 Å². The van der Waals surface area contributed by atoms with Crippen molar-refractivity contribution < 1.29 is 9.53 Å². The molecule has 0 saturated heterocycles. The van der Waals surface area contributed by atoms with E-state index in [0.29, 0.717) is 24.5 Å². The summed E-state index contributed by atoms with van der Waals surface area (Å²) in [5, 5.41) is 0. The SMILES string of the molecule is CCCOc1cccc(C(C)CCC(=O)CCN(CC)CC)c1. The number of benzene rings is 1. The zero-order valence-electron chi connectivity index (χ0n) is 15.3. The first-order valence-corrected chi connectivity index (χ1v) is 9.07. The topological polar surface area (TPSA) is 29.5 Å². The summed E-state index contributed by atoms with van der Waals surface area (Å²) in [6, 6.07) is 8.28. The van der Waals surface area contributed by atoms with Crippen molar-refractivity contribution in [2.45, 2.75) is 59.3 Å². The van der Waals surface area contributed by atoms with Gasteiger partial charge in [0, 0.05) is 19.4 Å². The summed E-state index contributed by atoms with van der Waals surface area (Å²) >= 11 is 0. The molecule has 0 aromatic heterocycles. The standard InChI is InChI=1S/C20H33NO2/c1-5-15-23-20-10-8-9-18(16-20)17(4)11-12-19(22)13-14-21(6-2)7-3/h8-10,16-17H,5-7,11-15H2,1-4H3. The molecule has 0 aliphatic rings. The van der Waals surface area contributed by atoms with Gasteiger partial charge in [-0.2, -0.15) is 0 Å². The molecule has 0 fully saturated rings. The number of hydrogen-bond donors (Lipinski definition) is 0. The number of nitrogens with zero attached hydrogens (tertiary/aromatic N) is 1. The number of Topliss-reactive ketones (excluding diaryl/α,β-unsaturated/α-hetero) is 1. The van der Waals surface area contributed by atoms with Crippen LogP contribution >= 0.6 is 0 Å². The molecular formula is C20H33NO2. The van der Waals surface area contributed by atoms with Gasteiger partial charge in [-0.3, -0.25) is 4.79 Å². The lowest BCUT2D eigenvalue weighted by Gasteiger charge is -2.17. The lowest BCUT2D eigenvalue weighted by molar-refractivity contribution is -0.119. The van der Waals surface area contributed by atoms with E-state index in [-0.39, 0.29) is 0 Å². The highest BCUT2D eigenvalue weighted by Crippen LogP contribution is 2.24. The summed E-state index contributed by atoms with van der Waals surface area (Å²) < 4.78 is 5.69. The zero-order valence-corrected chi connectivity index (χ0v) is 15.3. The van der Waals surface area contributed by atoms with Gasteiger partial charge in [0.1, 0.15) is 11.5 Å². The third-order valence-electron chi connectivity index (χ3n) is 4.36. The van der Waals surface area contributed by atoms with E-state index >= 15 is 0 Å². The molecule has 1 aromatic carbocycles. The summed E-state index contributed by atoms with van der Waals surface area (Å²) in [5.41, 5.74) is 1.26. The molecule has 0 amide bonds. The van der Waals surface area contributed by atoms with Crippen LogP contribution in [0.3, 0.4) is 0 Å². The number of ketones is 1. The van der Waals surface area contributed by atoms with Crippen LogP contribution in [0.2, 0.25) is 0 Å². The van der Waals surface area contributed by atoms with Gasteiger partial charge in [-0.25, -0.2) is 0 Å². The third-order valence-corrected chi connectivity index (χ3v) is 4.36. The van der Waals surface area contributed by atoms with Gasteiger partial charge < -0.3 is 9.64 Å². The van der Waals surface area contributed by atoms with E-state index in [0.717, 1.165) is 44.8 Å². The summed E-state index contributed by atoms with van der Waals surface area (Å²) in [6.45, 7) is 12.3. The lowest BCUT2D eigenvalue weighted by Crippen LogP contribution is -2.25. The maximum Gasteiger partial charge on any atom is 0.134 e. The first kappa shape index (κ1) is 19.7. The van der Waals surface area contributed by atoms with Gasteiger partial charge in [0.2, 0.25) is 0 Å². The van der Waals surface area contributed by atoms with Crippen LogP contribution in [0.15, 0.2) is 24.3 Å². The smallest absolute Gasteiger partial charge is 0.134 e. The maximum atomic E-state index is 12.1. The molecule has 0 aliphatic heterocycles. The number of ether oxygens (including phenoxy) is 1. The molecule has 0 radical (unpaired) electrons. The Bertz CT molecular complexity index is 455. The van der Waals surface area contributed by atoms with E-state index < -0.39 is 0 Å². The van der Waals surface area contributed by atoms with Crippen LogP contribution in [0.25, 0.3) is 0 Å². The Hall–Kier alpha value is -1.35. The fourth-order valence-electron chi connectivity index (χ4n) is 2.62. The molecule has 0 aliphatic carbocycles. The van der Waals surface area contributed by atoms with Crippen molar-refractivity contribution in [3.05, 3.63) is 29.8 Å². The summed E-state index contributed by atoms with van der Waals surface area (Å²) in [5.74, 6) is 1.70. The Kier molecular flexibility index (Phi) is 9.61. The molecule has 0 bridgehead atoms. The van der Waals surface area contributed by atoms with Crippen LogP contribution in [0.1, 0.15) is 64.9 Å². The van der Waals surface area contributed by atoms with Gasteiger partial charge in [-0.05, 0) is 49.5 Å². The predicted molar refractivity (Wildman–Crippen MR) is 97.3 cm³/mol. The molecule has 1 aromatic rings. The number of hydrogen-bond acceptors (Lipinski definition) is 3. The van der Waals surface area contributed by atoms with Gasteiger partial charge in [-0.1, -0.05) is 39.8 Å². The Morgan fingerprint density at radius 1 is 1.17 bits per heavy atom. The van der Waals surface area contributed by atoms with Gasteiger partial charge in [0.15, 0.2) is 0 Å². The fourth-order valence-corrected chi connectivity index (χ4v) is 2.62. The van der Waals surface area contributed by atoms with Crippen molar-refractivity contribution in [2.24, 2.45) is 0 Å². The Labute approximate surface area is 142 Å². The molecule has 1 rings (SSSR count). The number of carbonyl (C=O) groups excluding carboxylic acids is 1. The van der Waals surface area contributed by atoms with Crippen LogP contribution in [0.5, 0.6) is 5.75 Å². The first-order chi connectivity index (χ1) is 11.1. The van der Waals surface area contributed by atoms with Crippen molar-refractivity contribution >= 4 is 5.78 Å². The van der Waals surface area contributed by atoms with Crippen molar-refractivity contribution in [3.8, 4) is 5.75 Å². The minimum atomic E-state index is 0.377. The second-order valence-electron chi connectivity index (χ2n) is 6.18. The monoisotopic (exact) mass is 319 g/mol. The molecule has 3 nitrogen and oxygen atoms in total. The van der Waals surface area contributed by atoms with E-state index in [4.69, 9.17) is 4.74 Å². The lowest BCUT2D eigenvalue weighted by atomic mass is 9.94. The fraction of sp³-hybridized carbons (Fsp3) is 0.650. The largest absolute Gasteiger partial charge is 0.494 e. The summed E-state index contributed by atoms with van der Waals surface area (Å²) in [7, 11) is 0. The van der Waals surface area contributed by atoms with E-state index in [1.807, 2.05) is 12.1 Å².